The average molecular weight is 330 g/mol. The number of ketones is 1. The fourth-order valence-corrected chi connectivity index (χ4v) is 5.22. The zero-order valence-corrected chi connectivity index (χ0v) is 15.3. The van der Waals surface area contributed by atoms with Gasteiger partial charge < -0.3 is 0 Å². The van der Waals surface area contributed by atoms with Gasteiger partial charge in [-0.15, -0.1) is 0 Å². The number of aryl methyl sites for hydroxylation is 3. The fraction of sp³-hybridized carbons (Fsp3) is 0.375. The normalized spacial score (nSPS) is 27.5. The summed E-state index contributed by atoms with van der Waals surface area (Å²) >= 11 is 0. The third-order valence-electron chi connectivity index (χ3n) is 6.16. The molecule has 0 aromatic heterocycles. The highest BCUT2D eigenvalue weighted by molar-refractivity contribution is 6.01. The number of fused-ring (bicyclic) bond motifs is 2. The van der Waals surface area contributed by atoms with Gasteiger partial charge in [0.15, 0.2) is 5.78 Å². The summed E-state index contributed by atoms with van der Waals surface area (Å²) in [6.07, 6.45) is 7.03. The van der Waals surface area contributed by atoms with E-state index in [9.17, 15) is 4.79 Å². The summed E-state index contributed by atoms with van der Waals surface area (Å²) in [5, 5.41) is 0. The van der Waals surface area contributed by atoms with E-state index in [0.717, 1.165) is 23.1 Å². The number of allylic oxidation sites excluding steroid dienone is 2. The summed E-state index contributed by atoms with van der Waals surface area (Å²) in [5.74, 6) is 1.61. The van der Waals surface area contributed by atoms with Crippen LogP contribution in [0.25, 0.3) is 0 Å². The number of rotatable bonds is 3. The van der Waals surface area contributed by atoms with Crippen LogP contribution in [-0.4, -0.2) is 5.78 Å². The molecule has 1 nitrogen and oxygen atoms in total. The van der Waals surface area contributed by atoms with E-state index in [0.29, 0.717) is 23.5 Å². The van der Waals surface area contributed by atoms with Crippen molar-refractivity contribution < 1.29 is 4.79 Å². The summed E-state index contributed by atoms with van der Waals surface area (Å²) in [7, 11) is 0. The first-order valence-electron chi connectivity index (χ1n) is 9.41. The SMILES string of the molecule is Cc1cc(C)c(C(=O)[C@H]2C3C=CC(CC3)C2c2ccccc2)c(C)c1. The number of hydrogen-bond acceptors (Lipinski definition) is 1. The third kappa shape index (κ3) is 2.76. The maximum Gasteiger partial charge on any atom is 0.167 e. The van der Waals surface area contributed by atoms with Crippen molar-refractivity contribution in [2.75, 3.05) is 0 Å². The molecule has 3 unspecified atom stereocenters. The topological polar surface area (TPSA) is 17.1 Å². The Kier molecular flexibility index (Phi) is 4.11. The van der Waals surface area contributed by atoms with Crippen molar-refractivity contribution in [2.45, 2.75) is 39.5 Å². The Balaban J connectivity index is 1.80. The smallest absolute Gasteiger partial charge is 0.167 e. The Bertz CT molecular complexity index is 807. The molecule has 0 radical (unpaired) electrons. The molecule has 0 spiro atoms. The second-order valence-corrected chi connectivity index (χ2v) is 7.89. The van der Waals surface area contributed by atoms with Gasteiger partial charge in [-0.25, -0.2) is 0 Å². The van der Waals surface area contributed by atoms with Crippen LogP contribution in [-0.2, 0) is 0 Å². The van der Waals surface area contributed by atoms with Crippen molar-refractivity contribution >= 4 is 5.78 Å². The van der Waals surface area contributed by atoms with Gasteiger partial charge in [0.05, 0.1) is 0 Å². The molecular formula is C24H26O. The first-order valence-corrected chi connectivity index (χ1v) is 9.41. The maximum absolute atomic E-state index is 13.7. The van der Waals surface area contributed by atoms with E-state index in [4.69, 9.17) is 0 Å². The lowest BCUT2D eigenvalue weighted by Gasteiger charge is -2.45. The molecule has 0 N–H and O–H groups in total. The van der Waals surface area contributed by atoms with E-state index < -0.39 is 0 Å². The van der Waals surface area contributed by atoms with Crippen LogP contribution in [0.4, 0.5) is 0 Å². The second kappa shape index (κ2) is 6.29. The maximum atomic E-state index is 13.7. The van der Waals surface area contributed by atoms with Crippen molar-refractivity contribution in [3.63, 3.8) is 0 Å². The van der Waals surface area contributed by atoms with E-state index in [2.05, 4.69) is 75.4 Å². The van der Waals surface area contributed by atoms with Crippen LogP contribution in [0.1, 0.15) is 51.4 Å². The lowest BCUT2D eigenvalue weighted by molar-refractivity contribution is 0.0769. The Morgan fingerprint density at radius 2 is 1.48 bits per heavy atom. The standard InChI is InChI=1S/C24H26O/c1-15-13-16(2)21(17(3)14-15)24(25)23-20-11-9-19(10-12-20)22(23)18-7-5-4-6-8-18/h4-9,11,13-14,19-20,22-23H,10,12H2,1-3H3/t19?,20?,22?,23-/m0/s1. The molecule has 5 rings (SSSR count). The first-order chi connectivity index (χ1) is 12.1. The lowest BCUT2D eigenvalue weighted by Crippen LogP contribution is -2.40. The van der Waals surface area contributed by atoms with Crippen LogP contribution >= 0.6 is 0 Å². The van der Waals surface area contributed by atoms with Crippen molar-refractivity contribution in [2.24, 2.45) is 17.8 Å². The van der Waals surface area contributed by atoms with E-state index in [1.807, 2.05) is 0 Å². The van der Waals surface area contributed by atoms with Gasteiger partial charge in [0.2, 0.25) is 0 Å². The molecule has 3 aliphatic rings. The molecule has 0 heterocycles. The summed E-state index contributed by atoms with van der Waals surface area (Å²) in [6, 6.07) is 15.0. The molecule has 2 aromatic rings. The Labute approximate surface area is 150 Å². The lowest BCUT2D eigenvalue weighted by atomic mass is 9.58. The van der Waals surface area contributed by atoms with Crippen molar-refractivity contribution in [1.82, 2.24) is 0 Å². The summed E-state index contributed by atoms with van der Waals surface area (Å²) in [6.45, 7) is 6.27. The van der Waals surface area contributed by atoms with Gasteiger partial charge in [-0.1, -0.05) is 60.2 Å². The highest BCUT2D eigenvalue weighted by atomic mass is 16.1. The third-order valence-corrected chi connectivity index (χ3v) is 6.16. The van der Waals surface area contributed by atoms with Gasteiger partial charge in [-0.05, 0) is 62.1 Å². The van der Waals surface area contributed by atoms with Crippen molar-refractivity contribution in [3.05, 3.63) is 82.4 Å². The van der Waals surface area contributed by atoms with E-state index in [1.165, 1.54) is 17.5 Å². The summed E-state index contributed by atoms with van der Waals surface area (Å²) in [4.78, 5) is 13.7. The second-order valence-electron chi connectivity index (χ2n) is 7.89. The minimum atomic E-state index is 0.0752. The van der Waals surface area contributed by atoms with Crippen LogP contribution < -0.4 is 0 Å². The van der Waals surface area contributed by atoms with Crippen molar-refractivity contribution in [3.8, 4) is 0 Å². The van der Waals surface area contributed by atoms with Crippen LogP contribution in [0, 0.1) is 38.5 Å². The number of benzene rings is 2. The van der Waals surface area contributed by atoms with E-state index in [-0.39, 0.29) is 5.92 Å². The molecule has 0 aliphatic heterocycles. The van der Waals surface area contributed by atoms with Gasteiger partial charge in [0.25, 0.3) is 0 Å². The largest absolute Gasteiger partial charge is 0.294 e. The van der Waals surface area contributed by atoms with Crippen LogP contribution in [0.5, 0.6) is 0 Å². The van der Waals surface area contributed by atoms with Crippen LogP contribution in [0.2, 0.25) is 0 Å². The quantitative estimate of drug-likeness (QED) is 0.514. The minimum absolute atomic E-state index is 0.0752. The molecule has 0 amide bonds. The molecule has 0 saturated heterocycles. The average Bonchev–Trinajstić information content (AvgIpc) is 2.61. The highest BCUT2D eigenvalue weighted by Crippen LogP contribution is 2.51. The van der Waals surface area contributed by atoms with Gasteiger partial charge in [0.1, 0.15) is 0 Å². The van der Waals surface area contributed by atoms with E-state index in [1.54, 1.807) is 0 Å². The van der Waals surface area contributed by atoms with Gasteiger partial charge >= 0.3 is 0 Å². The fourth-order valence-electron chi connectivity index (χ4n) is 5.22. The number of carbonyl (C=O) groups excluding carboxylic acids is 1. The number of carbonyl (C=O) groups is 1. The Morgan fingerprint density at radius 3 is 2.08 bits per heavy atom. The molecule has 25 heavy (non-hydrogen) atoms. The van der Waals surface area contributed by atoms with Gasteiger partial charge in [0, 0.05) is 17.4 Å². The molecule has 1 saturated carbocycles. The monoisotopic (exact) mass is 330 g/mol. The predicted molar refractivity (Wildman–Crippen MR) is 103 cm³/mol. The summed E-state index contributed by atoms with van der Waals surface area (Å²) in [5.41, 5.74) is 5.76. The minimum Gasteiger partial charge on any atom is -0.294 e. The zero-order valence-electron chi connectivity index (χ0n) is 15.3. The summed E-state index contributed by atoms with van der Waals surface area (Å²) < 4.78 is 0. The van der Waals surface area contributed by atoms with Gasteiger partial charge in [-0.2, -0.15) is 0 Å². The van der Waals surface area contributed by atoms with E-state index >= 15 is 0 Å². The highest BCUT2D eigenvalue weighted by Gasteiger charge is 2.45. The molecule has 2 bridgehead atoms. The van der Waals surface area contributed by atoms with Crippen LogP contribution in [0.3, 0.4) is 0 Å². The van der Waals surface area contributed by atoms with Crippen molar-refractivity contribution in [1.29, 1.82) is 0 Å². The Hall–Kier alpha value is -2.15. The molecule has 128 valence electrons. The van der Waals surface area contributed by atoms with Gasteiger partial charge in [-0.3, -0.25) is 4.79 Å². The number of hydrogen-bond donors (Lipinski definition) is 0. The molecule has 3 aliphatic carbocycles. The van der Waals surface area contributed by atoms with Crippen LogP contribution in [0.15, 0.2) is 54.6 Å². The number of Topliss-reactive ketones (excluding diaryl/α,β-unsaturated/α-hetero) is 1. The molecule has 4 atom stereocenters. The Morgan fingerprint density at radius 1 is 0.880 bits per heavy atom. The molecule has 1 heteroatoms. The molecule has 2 aromatic carbocycles. The predicted octanol–water partition coefficient (Wildman–Crippen LogP) is 5.79. The molecule has 1 fully saturated rings. The first kappa shape index (κ1) is 16.3. The molecular weight excluding hydrogens is 304 g/mol. The zero-order chi connectivity index (χ0) is 17.6.